The quantitative estimate of drug-likeness (QED) is 0.213. The number of piperidine rings is 3. The van der Waals surface area contributed by atoms with E-state index in [0.717, 1.165) is 176 Å². The van der Waals surface area contributed by atoms with E-state index in [1.807, 2.05) is 165 Å². The zero-order valence-electron chi connectivity index (χ0n) is 87.3. The molecule has 1 aromatic heterocycles. The fourth-order valence-corrected chi connectivity index (χ4v) is 22.2. The lowest BCUT2D eigenvalue weighted by Crippen LogP contribution is -2.73. The van der Waals surface area contributed by atoms with Crippen molar-refractivity contribution in [2.24, 2.45) is 81.2 Å². The van der Waals surface area contributed by atoms with Gasteiger partial charge in [0.15, 0.2) is 5.60 Å². The van der Waals surface area contributed by atoms with Crippen molar-refractivity contribution in [1.29, 1.82) is 5.26 Å². The Morgan fingerprint density at radius 1 is 0.437 bits per heavy atom. The number of ether oxygens (including phenoxy) is 1. The van der Waals surface area contributed by atoms with Crippen molar-refractivity contribution in [1.82, 2.24) is 64.5 Å². The summed E-state index contributed by atoms with van der Waals surface area (Å²) in [4.78, 5) is 129. The number of benzene rings is 1. The number of carbonyl (C=O) groups is 9. The van der Waals surface area contributed by atoms with Gasteiger partial charge in [-0.2, -0.15) is 18.4 Å². The number of aliphatic hydroxyl groups is 1. The minimum absolute atomic E-state index is 0.0458. The Balaban J connectivity index is 0.000000161. The summed E-state index contributed by atoms with van der Waals surface area (Å²) in [6, 6.07) is 8.32. The van der Waals surface area contributed by atoms with Crippen LogP contribution >= 0.6 is 0 Å². The largest absolute Gasteiger partial charge is 0.420 e. The molecule has 4 aliphatic carbocycles. The first kappa shape index (κ1) is 110. The second kappa shape index (κ2) is 41.1. The van der Waals surface area contributed by atoms with Crippen LogP contribution in [-0.2, 0) is 47.9 Å². The molecule has 26 nitrogen and oxygen atoms in total. The Kier molecular flexibility index (Phi) is 33.4. The number of alkyl halides is 3. The van der Waals surface area contributed by atoms with Gasteiger partial charge in [0, 0.05) is 202 Å². The molecule has 4 saturated carbocycles. The molecule has 2 unspecified atom stereocenters. The molecular weight excluding hydrogens is 1730 g/mol. The van der Waals surface area contributed by atoms with Crippen LogP contribution in [0, 0.1) is 98.4 Å². The van der Waals surface area contributed by atoms with Gasteiger partial charge in [-0.15, -0.1) is 10.2 Å². The standard InChI is InChI=1S/C20H24FN3O2.C13H22N2O2.C13H24N2O.C13H23NO.C12H18F3NO2.C12H21NO2.C11H19N3O.C11H19NO/c1-19(2,3)18(25)24-9-7-20(8-10-24)12-15(20)17-23-22-16(26-17)13-5-4-6-14(21)11-13;1-12(2,3)11(17)15-8-5-13(6-9-15)4-7-14-10(13)16;1-12(2,3)11(16)15-8-6-13(10-15)5-7-14(4)9-13;1-12(2,3)11(15)14-9-8-13(10-14)6-4-5-7-13;1-9(2,3)8(17)16-6-10(7-16)4-11(18,5-10)12(13,14)15;1-11(2,3)10(14)13-6-4-12(5-7-13)8-15-9-12;1-11(2,3)10(15)14-8-6-13(5-4-12)7-9-14;1-10(2,3)9(13)12-7-6-11(8-12)4-5-11/h4-6,11,15H,7-10,12H2,1-3H3;4-9H2,1-3H3,(H,14,16);5-10H2,1-4H3;4-10H2,1-3H3;18H,4-7H2,1-3H3;4-9H2,1-3H3;5-9H2,1-3H3;4-8H2,1-3H3. The first-order valence-corrected chi connectivity index (χ1v) is 50.5. The molecule has 30 heteroatoms. The van der Waals surface area contributed by atoms with Crippen LogP contribution in [0.2, 0.25) is 0 Å². The topological polar surface area (TPSA) is 290 Å². The van der Waals surface area contributed by atoms with Gasteiger partial charge in [0.1, 0.15) is 5.82 Å². The second-order valence-electron chi connectivity index (χ2n) is 51.6. The average molecular weight is 1900 g/mol. The third kappa shape index (κ3) is 27.5. The number of hydrogen-bond donors (Lipinski definition) is 2. The summed E-state index contributed by atoms with van der Waals surface area (Å²) in [6.45, 7) is 67.1. The molecule has 135 heavy (non-hydrogen) atoms. The molecule has 15 fully saturated rings. The molecule has 9 amide bonds. The Morgan fingerprint density at radius 2 is 0.800 bits per heavy atom. The van der Waals surface area contributed by atoms with Crippen molar-refractivity contribution in [3.05, 3.63) is 36.0 Å². The van der Waals surface area contributed by atoms with Gasteiger partial charge in [0.25, 0.3) is 0 Å². The minimum atomic E-state index is -4.56. The fraction of sp³-hybridized carbons (Fsp3) is 0.829. The summed E-state index contributed by atoms with van der Waals surface area (Å²) in [7, 11) is 2.18. The van der Waals surface area contributed by atoms with E-state index in [9.17, 15) is 65.8 Å². The maximum Gasteiger partial charge on any atom is 0.417 e. The van der Waals surface area contributed by atoms with Crippen molar-refractivity contribution in [2.45, 2.75) is 312 Å². The zero-order valence-corrected chi connectivity index (χ0v) is 87.3. The normalized spacial score (nSPS) is 24.5. The third-order valence-corrected chi connectivity index (χ3v) is 31.1. The van der Waals surface area contributed by atoms with Gasteiger partial charge in [-0.3, -0.25) is 48.1 Å². The molecule has 17 rings (SSSR count). The summed E-state index contributed by atoms with van der Waals surface area (Å²) in [5, 5.41) is 29.2. The van der Waals surface area contributed by atoms with E-state index in [1.54, 1.807) is 37.8 Å². The highest BCUT2D eigenvalue weighted by atomic mass is 19.4. The SMILES string of the molecule is CC(C)(C)C(=O)N1CC2(C1)CC(O)(C(F)(F)F)C2.CC(C)(C)C(=O)N1CCC2(CC1)CC2c1nnc(-c2cccc(F)c2)o1.CC(C)(C)C(=O)N1CCC2(CC1)COC2.CC(C)(C)C(=O)N1CCC2(CC2)C1.CC(C)(C)C(=O)N1CCC2(CCCC2)C1.CC(C)(C)C(=O)N1CCC2(CCNC2=O)CC1.CC(C)(C)C(=O)N1CCN(CC#N)CC1.CN1CCC2(CCN(C(=O)C(C)(C)C)C2)C1. The number of hydrogen-bond acceptors (Lipinski definition) is 17. The smallest absolute Gasteiger partial charge is 0.417 e. The van der Waals surface area contributed by atoms with Crippen LogP contribution in [0.4, 0.5) is 17.6 Å². The Bertz CT molecular complexity index is 4500. The molecular formula is C105H170F4N14O12. The monoisotopic (exact) mass is 1900 g/mol. The average Bonchev–Trinajstić information content (AvgIpc) is 1.66. The summed E-state index contributed by atoms with van der Waals surface area (Å²) in [5.41, 5.74) is -2.83. The summed E-state index contributed by atoms with van der Waals surface area (Å²) in [5.74, 6) is 2.99. The summed E-state index contributed by atoms with van der Waals surface area (Å²) < 4.78 is 62.0. The van der Waals surface area contributed by atoms with Gasteiger partial charge < -0.3 is 63.7 Å². The van der Waals surface area contributed by atoms with Gasteiger partial charge in [-0.05, 0) is 164 Å². The summed E-state index contributed by atoms with van der Waals surface area (Å²) >= 11 is 0. The molecule has 11 aliphatic heterocycles. The molecule has 15 aliphatic rings. The Hall–Kier alpha value is -7.36. The molecule has 760 valence electrons. The van der Waals surface area contributed by atoms with Crippen LogP contribution in [0.15, 0.2) is 28.7 Å². The van der Waals surface area contributed by atoms with Gasteiger partial charge in [-0.1, -0.05) is 185 Å². The second-order valence-corrected chi connectivity index (χ2v) is 51.6. The highest BCUT2D eigenvalue weighted by Crippen LogP contribution is 2.65. The number of nitriles is 1. The number of rotatable bonds is 3. The molecule has 2 N–H and O–H groups in total. The van der Waals surface area contributed by atoms with Crippen molar-refractivity contribution >= 4 is 53.2 Å². The highest BCUT2D eigenvalue weighted by Gasteiger charge is 2.71. The number of carbonyl (C=O) groups excluding carboxylic acids is 9. The van der Waals surface area contributed by atoms with Crippen molar-refractivity contribution in [3.8, 4) is 17.5 Å². The predicted molar refractivity (Wildman–Crippen MR) is 514 cm³/mol. The molecule has 12 heterocycles. The Labute approximate surface area is 805 Å². The van der Waals surface area contributed by atoms with Crippen LogP contribution in [0.5, 0.6) is 0 Å². The van der Waals surface area contributed by atoms with Crippen molar-refractivity contribution in [3.63, 3.8) is 0 Å². The van der Waals surface area contributed by atoms with E-state index in [2.05, 4.69) is 53.1 Å². The molecule has 2 atom stereocenters. The lowest BCUT2D eigenvalue weighted by atomic mass is 9.54. The lowest BCUT2D eigenvalue weighted by Gasteiger charge is -2.62. The maximum atomic E-state index is 13.4. The number of nitrogens with one attached hydrogen (secondary N) is 1. The van der Waals surface area contributed by atoms with Gasteiger partial charge in [0.2, 0.25) is 64.9 Å². The van der Waals surface area contributed by atoms with Gasteiger partial charge in [0.05, 0.1) is 31.2 Å². The molecule has 1 aromatic carbocycles. The van der Waals surface area contributed by atoms with Crippen molar-refractivity contribution < 1.29 is 75.0 Å². The molecule has 7 spiro atoms. The van der Waals surface area contributed by atoms with Crippen LogP contribution in [-0.4, -0.2) is 293 Å². The van der Waals surface area contributed by atoms with Crippen LogP contribution in [0.1, 0.15) is 306 Å². The minimum Gasteiger partial charge on any atom is -0.420 e. The Morgan fingerprint density at radius 3 is 1.16 bits per heavy atom. The van der Waals surface area contributed by atoms with E-state index in [0.29, 0.717) is 76.4 Å². The van der Waals surface area contributed by atoms with Crippen molar-refractivity contribution in [2.75, 3.05) is 164 Å². The maximum absolute atomic E-state index is 13.4. The first-order chi connectivity index (χ1) is 62.1. The van der Waals surface area contributed by atoms with Crippen LogP contribution in [0.3, 0.4) is 0 Å². The highest BCUT2D eigenvalue weighted by molar-refractivity contribution is 5.87. The van der Waals surface area contributed by atoms with Gasteiger partial charge in [-0.25, -0.2) is 4.39 Å². The lowest BCUT2D eigenvalue weighted by molar-refractivity contribution is -0.330. The number of aromatic nitrogens is 2. The first-order valence-electron chi connectivity index (χ1n) is 50.5. The predicted octanol–water partition coefficient (Wildman–Crippen LogP) is 16.0. The zero-order chi connectivity index (χ0) is 101. The fourth-order valence-electron chi connectivity index (χ4n) is 22.2. The van der Waals surface area contributed by atoms with Crippen LogP contribution < -0.4 is 5.32 Å². The molecule has 0 bridgehead atoms. The van der Waals surface area contributed by atoms with Crippen LogP contribution in [0.25, 0.3) is 11.5 Å². The number of halogens is 4. The number of amides is 9. The molecule has 11 saturated heterocycles. The van der Waals surface area contributed by atoms with E-state index in [1.165, 1.54) is 89.4 Å². The molecule has 2 aromatic rings. The van der Waals surface area contributed by atoms with Gasteiger partial charge >= 0.3 is 6.18 Å². The van der Waals surface area contributed by atoms with E-state index in [4.69, 9.17) is 14.4 Å². The van der Waals surface area contributed by atoms with E-state index in [-0.39, 0.29) is 109 Å². The summed E-state index contributed by atoms with van der Waals surface area (Å²) in [6.07, 6.45) is 15.7. The number of nitrogens with zero attached hydrogens (tertiary/aromatic N) is 13. The number of likely N-dealkylation sites (tertiary alicyclic amines) is 8. The van der Waals surface area contributed by atoms with E-state index >= 15 is 0 Å². The van der Waals surface area contributed by atoms with E-state index < -0.39 is 22.6 Å². The third-order valence-electron chi connectivity index (χ3n) is 31.1. The number of piperazine rings is 1. The molecule has 0 radical (unpaired) electrons.